The van der Waals surface area contributed by atoms with E-state index in [1.54, 1.807) is 0 Å². The molecule has 6 heteroatoms. The van der Waals surface area contributed by atoms with Crippen LogP contribution in [0.15, 0.2) is 60.8 Å². The van der Waals surface area contributed by atoms with Crippen LogP contribution in [-0.4, -0.2) is 37.2 Å². The molecule has 0 saturated heterocycles. The normalized spacial score (nSPS) is 12.4. The van der Waals surface area contributed by atoms with E-state index in [1.807, 2.05) is 0 Å². The molecular formula is C67H120O6. The number of rotatable bonds is 58. The summed E-state index contributed by atoms with van der Waals surface area (Å²) in [6, 6.07) is 0. The second-order valence-corrected chi connectivity index (χ2v) is 21.3. The molecule has 0 bridgehead atoms. The lowest BCUT2D eigenvalue weighted by atomic mass is 10.0. The predicted octanol–water partition coefficient (Wildman–Crippen LogP) is 21.6. The highest BCUT2D eigenvalue weighted by Gasteiger charge is 2.19. The van der Waals surface area contributed by atoms with Crippen LogP contribution in [0.3, 0.4) is 0 Å². The van der Waals surface area contributed by atoms with Crippen molar-refractivity contribution in [3.8, 4) is 0 Å². The number of ether oxygens (including phenoxy) is 3. The van der Waals surface area contributed by atoms with E-state index in [0.717, 1.165) is 109 Å². The van der Waals surface area contributed by atoms with Gasteiger partial charge in [-0.25, -0.2) is 0 Å². The summed E-state index contributed by atoms with van der Waals surface area (Å²) < 4.78 is 16.9. The minimum atomic E-state index is -0.787. The van der Waals surface area contributed by atoms with Gasteiger partial charge < -0.3 is 14.2 Å². The molecule has 0 fully saturated rings. The minimum absolute atomic E-state index is 0.0825. The summed E-state index contributed by atoms with van der Waals surface area (Å²) in [5, 5.41) is 0. The highest BCUT2D eigenvalue weighted by molar-refractivity contribution is 5.71. The van der Waals surface area contributed by atoms with Gasteiger partial charge in [0.25, 0.3) is 0 Å². The highest BCUT2D eigenvalue weighted by atomic mass is 16.6. The van der Waals surface area contributed by atoms with Crippen LogP contribution >= 0.6 is 0 Å². The number of unbranched alkanes of at least 4 members (excludes halogenated alkanes) is 37. The Morgan fingerprint density at radius 1 is 0.274 bits per heavy atom. The van der Waals surface area contributed by atoms with E-state index in [1.165, 1.54) is 180 Å². The van der Waals surface area contributed by atoms with Gasteiger partial charge in [-0.1, -0.05) is 268 Å². The maximum atomic E-state index is 12.9. The average Bonchev–Trinajstić information content (AvgIpc) is 3.39. The molecular weight excluding hydrogens is 901 g/mol. The van der Waals surface area contributed by atoms with Crippen LogP contribution in [0.4, 0.5) is 0 Å². The van der Waals surface area contributed by atoms with Gasteiger partial charge in [0.2, 0.25) is 0 Å². The summed E-state index contributed by atoms with van der Waals surface area (Å²) in [4.78, 5) is 38.2. The first-order valence-electron chi connectivity index (χ1n) is 31.8. The Morgan fingerprint density at radius 2 is 0.521 bits per heavy atom. The number of hydrogen-bond donors (Lipinski definition) is 0. The van der Waals surface area contributed by atoms with E-state index >= 15 is 0 Å². The second-order valence-electron chi connectivity index (χ2n) is 21.3. The third-order valence-electron chi connectivity index (χ3n) is 13.9. The zero-order chi connectivity index (χ0) is 52.9. The summed E-state index contributed by atoms with van der Waals surface area (Å²) in [6.07, 6.45) is 78.1. The summed E-state index contributed by atoms with van der Waals surface area (Å²) in [5.74, 6) is -0.897. The fourth-order valence-corrected chi connectivity index (χ4v) is 9.15. The SMILES string of the molecule is CCC/C=C\C/C=C\CCCCCCCC(=O)OCC(COC(=O)CCCCCCCCCCCCCCCCC/C=C\CCCCCCCCCC)OC(=O)CCCCCCC/C=C\C/C=C\CCCCC. The van der Waals surface area contributed by atoms with Crippen molar-refractivity contribution in [1.82, 2.24) is 0 Å². The first-order chi connectivity index (χ1) is 36.0. The third kappa shape index (κ3) is 59.9. The highest BCUT2D eigenvalue weighted by Crippen LogP contribution is 2.17. The Hall–Kier alpha value is -2.89. The number of esters is 3. The molecule has 0 saturated carbocycles. The van der Waals surface area contributed by atoms with Crippen molar-refractivity contribution < 1.29 is 28.6 Å². The summed E-state index contributed by atoms with van der Waals surface area (Å²) in [6.45, 7) is 6.56. The maximum absolute atomic E-state index is 12.9. The van der Waals surface area contributed by atoms with Crippen LogP contribution in [0.5, 0.6) is 0 Å². The van der Waals surface area contributed by atoms with Crippen LogP contribution in [-0.2, 0) is 28.6 Å². The maximum Gasteiger partial charge on any atom is 0.306 e. The quantitative estimate of drug-likeness (QED) is 0.0261. The van der Waals surface area contributed by atoms with Crippen molar-refractivity contribution >= 4 is 17.9 Å². The van der Waals surface area contributed by atoms with Gasteiger partial charge in [0.15, 0.2) is 6.10 Å². The minimum Gasteiger partial charge on any atom is -0.462 e. The van der Waals surface area contributed by atoms with E-state index in [-0.39, 0.29) is 31.1 Å². The van der Waals surface area contributed by atoms with Gasteiger partial charge in [0, 0.05) is 19.3 Å². The van der Waals surface area contributed by atoms with Gasteiger partial charge in [0.05, 0.1) is 0 Å². The molecule has 0 aromatic carbocycles. The van der Waals surface area contributed by atoms with E-state index < -0.39 is 6.10 Å². The second kappa shape index (κ2) is 61.7. The molecule has 0 amide bonds. The number of allylic oxidation sites excluding steroid dienone is 10. The molecule has 0 aliphatic rings. The first kappa shape index (κ1) is 70.1. The monoisotopic (exact) mass is 1020 g/mol. The zero-order valence-electron chi connectivity index (χ0n) is 48.7. The van der Waals surface area contributed by atoms with Crippen LogP contribution in [0.2, 0.25) is 0 Å². The fourth-order valence-electron chi connectivity index (χ4n) is 9.15. The topological polar surface area (TPSA) is 78.9 Å². The number of hydrogen-bond acceptors (Lipinski definition) is 6. The Labute approximate surface area is 453 Å². The first-order valence-corrected chi connectivity index (χ1v) is 31.8. The van der Waals surface area contributed by atoms with Gasteiger partial charge in [-0.05, 0) is 103 Å². The molecule has 73 heavy (non-hydrogen) atoms. The Kier molecular flexibility index (Phi) is 59.2. The zero-order valence-corrected chi connectivity index (χ0v) is 48.7. The summed E-state index contributed by atoms with van der Waals surface area (Å²) in [7, 11) is 0. The van der Waals surface area contributed by atoms with Crippen molar-refractivity contribution in [2.45, 2.75) is 335 Å². The number of carbonyl (C=O) groups excluding carboxylic acids is 3. The summed E-state index contributed by atoms with van der Waals surface area (Å²) in [5.41, 5.74) is 0. The largest absolute Gasteiger partial charge is 0.462 e. The molecule has 0 rings (SSSR count). The van der Waals surface area contributed by atoms with Crippen molar-refractivity contribution in [1.29, 1.82) is 0 Å². The average molecular weight is 1020 g/mol. The molecule has 0 heterocycles. The van der Waals surface area contributed by atoms with E-state index in [9.17, 15) is 14.4 Å². The standard InChI is InChI=1S/C67H120O6/c1-4-7-10-13-16-19-22-25-27-28-29-30-31-32-33-34-35-36-37-38-40-42-45-48-51-54-57-60-66(69)72-63-64(62-71-65(68)59-56-53-50-47-44-41-24-21-18-15-12-9-6-3)73-67(70)61-58-55-52-49-46-43-39-26-23-20-17-14-11-8-5-2/h12,15,17,20-21,24,26,28-29,39,64H,4-11,13-14,16,18-19,22-23,25,27,30-38,40-63H2,1-3H3/b15-12-,20-17-,24-21-,29-28-,39-26-. The van der Waals surface area contributed by atoms with Gasteiger partial charge in [0.1, 0.15) is 13.2 Å². The fraction of sp³-hybridized carbons (Fsp3) is 0.806. The third-order valence-corrected chi connectivity index (χ3v) is 13.9. The molecule has 0 aliphatic carbocycles. The molecule has 0 aromatic rings. The van der Waals surface area contributed by atoms with Crippen LogP contribution in [0.25, 0.3) is 0 Å². The molecule has 0 spiro atoms. The molecule has 1 atom stereocenters. The lowest BCUT2D eigenvalue weighted by Crippen LogP contribution is -2.30. The van der Waals surface area contributed by atoms with Gasteiger partial charge in [-0.15, -0.1) is 0 Å². The Bertz CT molecular complexity index is 1310. The van der Waals surface area contributed by atoms with Crippen LogP contribution < -0.4 is 0 Å². The van der Waals surface area contributed by atoms with Gasteiger partial charge in [-0.2, -0.15) is 0 Å². The molecule has 6 nitrogen and oxygen atoms in total. The summed E-state index contributed by atoms with van der Waals surface area (Å²) >= 11 is 0. The Morgan fingerprint density at radius 3 is 0.849 bits per heavy atom. The lowest BCUT2D eigenvalue weighted by Gasteiger charge is -2.18. The molecule has 424 valence electrons. The van der Waals surface area contributed by atoms with E-state index in [4.69, 9.17) is 14.2 Å². The van der Waals surface area contributed by atoms with Crippen molar-refractivity contribution in [3.05, 3.63) is 60.8 Å². The molecule has 0 aliphatic heterocycles. The van der Waals surface area contributed by atoms with E-state index in [2.05, 4.69) is 81.5 Å². The van der Waals surface area contributed by atoms with E-state index in [0.29, 0.717) is 19.3 Å². The predicted molar refractivity (Wildman–Crippen MR) is 316 cm³/mol. The number of carbonyl (C=O) groups is 3. The van der Waals surface area contributed by atoms with Crippen LogP contribution in [0.1, 0.15) is 329 Å². The van der Waals surface area contributed by atoms with Gasteiger partial charge >= 0.3 is 17.9 Å². The smallest absolute Gasteiger partial charge is 0.306 e. The lowest BCUT2D eigenvalue weighted by molar-refractivity contribution is -0.167. The molecule has 0 aromatic heterocycles. The Balaban J connectivity index is 4.23. The van der Waals surface area contributed by atoms with Crippen LogP contribution in [0, 0.1) is 0 Å². The van der Waals surface area contributed by atoms with Crippen molar-refractivity contribution in [2.75, 3.05) is 13.2 Å². The van der Waals surface area contributed by atoms with Crippen molar-refractivity contribution in [3.63, 3.8) is 0 Å². The molecule has 1 unspecified atom stereocenters. The van der Waals surface area contributed by atoms with Crippen molar-refractivity contribution in [2.24, 2.45) is 0 Å². The molecule has 0 radical (unpaired) electrons. The van der Waals surface area contributed by atoms with Gasteiger partial charge in [-0.3, -0.25) is 14.4 Å². The molecule has 0 N–H and O–H groups in total.